The number of nitrogens with one attached hydrogen (secondary N) is 2. The van der Waals surface area contributed by atoms with E-state index >= 15 is 0 Å². The molecule has 40 heavy (non-hydrogen) atoms. The second-order valence-electron chi connectivity index (χ2n) is 9.48. The summed E-state index contributed by atoms with van der Waals surface area (Å²) in [6.45, 7) is 5.25. The van der Waals surface area contributed by atoms with Crippen LogP contribution in [0.3, 0.4) is 0 Å². The third-order valence-corrected chi connectivity index (χ3v) is 6.23. The van der Waals surface area contributed by atoms with Crippen molar-refractivity contribution in [1.82, 2.24) is 5.32 Å². The number of hydrogen-bond acceptors (Lipinski definition) is 6. The van der Waals surface area contributed by atoms with E-state index in [0.29, 0.717) is 30.2 Å². The van der Waals surface area contributed by atoms with Crippen LogP contribution in [0.1, 0.15) is 43.4 Å². The molecule has 0 saturated heterocycles. The van der Waals surface area contributed by atoms with Gasteiger partial charge in [0.25, 0.3) is 0 Å². The van der Waals surface area contributed by atoms with E-state index in [1.165, 1.54) is 17.7 Å². The maximum absolute atomic E-state index is 13.7. The molecular weight excluding hydrogens is 516 g/mol. The summed E-state index contributed by atoms with van der Waals surface area (Å²) >= 11 is 0. The van der Waals surface area contributed by atoms with Crippen LogP contribution in [0.5, 0.6) is 5.75 Å². The highest BCUT2D eigenvalue weighted by Crippen LogP contribution is 2.17. The molecule has 0 aliphatic rings. The second-order valence-corrected chi connectivity index (χ2v) is 9.48. The van der Waals surface area contributed by atoms with E-state index in [1.807, 2.05) is 25.1 Å². The minimum Gasteiger partial charge on any atom is -0.494 e. The fourth-order valence-corrected chi connectivity index (χ4v) is 4.20. The highest BCUT2D eigenvalue weighted by Gasteiger charge is 2.23. The van der Waals surface area contributed by atoms with Crippen molar-refractivity contribution in [2.24, 2.45) is 5.73 Å². The number of carbonyl (C=O) groups excluding carboxylic acids is 2. The summed E-state index contributed by atoms with van der Waals surface area (Å²) in [5, 5.41) is 6.00. The van der Waals surface area contributed by atoms with Gasteiger partial charge in [0.1, 0.15) is 23.5 Å². The summed E-state index contributed by atoms with van der Waals surface area (Å²) in [7, 11) is 0. The largest absolute Gasteiger partial charge is 0.494 e. The number of hydrogen-bond donors (Lipinski definition) is 3. The summed E-state index contributed by atoms with van der Waals surface area (Å²) in [6, 6.07) is 17.5. The topological polar surface area (TPSA) is 103 Å². The van der Waals surface area contributed by atoms with Crippen LogP contribution in [-0.2, 0) is 33.7 Å². The van der Waals surface area contributed by atoms with Crippen molar-refractivity contribution in [3.05, 3.63) is 95.1 Å². The third-order valence-electron chi connectivity index (χ3n) is 6.23. The molecule has 3 rings (SSSR count). The second kappa shape index (κ2) is 15.7. The number of benzene rings is 3. The fourth-order valence-electron chi connectivity index (χ4n) is 4.20. The van der Waals surface area contributed by atoms with E-state index in [9.17, 15) is 18.4 Å². The number of ether oxygens (including phenoxy) is 2. The number of carbonyl (C=O) groups is 2. The van der Waals surface area contributed by atoms with Crippen LogP contribution in [0.4, 0.5) is 14.5 Å². The molecule has 0 aliphatic heterocycles. The van der Waals surface area contributed by atoms with E-state index in [4.69, 9.17) is 15.2 Å². The third kappa shape index (κ3) is 10.4. The molecule has 4 N–H and O–H groups in total. The molecule has 0 radical (unpaired) electrons. The van der Waals surface area contributed by atoms with Gasteiger partial charge in [0.05, 0.1) is 13.0 Å². The fraction of sp³-hybridized carbons (Fsp3) is 0.355. The zero-order chi connectivity index (χ0) is 28.9. The Kier molecular flexibility index (Phi) is 12.0. The molecule has 0 bridgehead atoms. The Labute approximate surface area is 234 Å². The summed E-state index contributed by atoms with van der Waals surface area (Å²) in [4.78, 5) is 25.1. The van der Waals surface area contributed by atoms with Gasteiger partial charge in [-0.25, -0.2) is 8.78 Å². The van der Waals surface area contributed by atoms with Crippen molar-refractivity contribution in [3.63, 3.8) is 0 Å². The predicted molar refractivity (Wildman–Crippen MR) is 151 cm³/mol. The minimum atomic E-state index is -0.789. The van der Waals surface area contributed by atoms with Gasteiger partial charge in [-0.3, -0.25) is 9.59 Å². The van der Waals surface area contributed by atoms with Gasteiger partial charge in [-0.15, -0.1) is 0 Å². The first-order valence-corrected chi connectivity index (χ1v) is 13.5. The first-order chi connectivity index (χ1) is 19.2. The van der Waals surface area contributed by atoms with Gasteiger partial charge < -0.3 is 25.8 Å². The van der Waals surface area contributed by atoms with Gasteiger partial charge in [0, 0.05) is 37.3 Å². The number of esters is 1. The lowest BCUT2D eigenvalue weighted by Gasteiger charge is -2.25. The van der Waals surface area contributed by atoms with Crippen LogP contribution in [0.15, 0.2) is 66.7 Å². The number of rotatable bonds is 15. The van der Waals surface area contributed by atoms with Crippen LogP contribution in [0.25, 0.3) is 0 Å². The highest BCUT2D eigenvalue weighted by molar-refractivity contribution is 5.92. The zero-order valence-corrected chi connectivity index (χ0v) is 22.9. The van der Waals surface area contributed by atoms with Crippen molar-refractivity contribution in [1.29, 1.82) is 0 Å². The van der Waals surface area contributed by atoms with Crippen molar-refractivity contribution in [2.45, 2.75) is 58.2 Å². The van der Waals surface area contributed by atoms with Crippen LogP contribution in [-0.4, -0.2) is 37.2 Å². The average Bonchev–Trinajstić information content (AvgIpc) is 2.92. The Hall–Kier alpha value is -3.82. The number of halogens is 2. The summed E-state index contributed by atoms with van der Waals surface area (Å²) < 4.78 is 38.5. The maximum atomic E-state index is 13.7. The van der Waals surface area contributed by atoms with Gasteiger partial charge >= 0.3 is 5.97 Å². The Morgan fingerprint density at radius 3 is 2.27 bits per heavy atom. The SMILES string of the molecule is CCOc1ccc(NC(=O)CCC(=O)O[C@H](CNCc2cccc(CC)c2)[C@@H](N)Cc2cc(F)cc(F)c2)cc1. The van der Waals surface area contributed by atoms with E-state index in [0.717, 1.165) is 18.1 Å². The van der Waals surface area contributed by atoms with E-state index < -0.39 is 29.7 Å². The summed E-state index contributed by atoms with van der Waals surface area (Å²) in [5.41, 5.74) is 9.58. The Balaban J connectivity index is 1.57. The van der Waals surface area contributed by atoms with Gasteiger partial charge in [0.15, 0.2) is 0 Å². The van der Waals surface area contributed by atoms with Crippen molar-refractivity contribution < 1.29 is 27.8 Å². The predicted octanol–water partition coefficient (Wildman–Crippen LogP) is 4.92. The van der Waals surface area contributed by atoms with Crippen molar-refractivity contribution in [3.8, 4) is 5.75 Å². The standard InChI is InChI=1S/C31H37F2N3O4/c1-3-21-6-5-7-22(14-21)19-35-20-29(28(34)17-23-15-24(32)18-25(33)16-23)40-31(38)13-12-30(37)36-26-8-10-27(11-9-26)39-4-2/h5-11,14-16,18,28-29,35H,3-4,12-13,17,19-20,34H2,1-2H3,(H,36,37)/t28-,29+/m0/s1. The molecule has 0 fully saturated rings. The number of amides is 1. The van der Waals surface area contributed by atoms with Crippen LogP contribution in [0.2, 0.25) is 0 Å². The van der Waals surface area contributed by atoms with Crippen LogP contribution >= 0.6 is 0 Å². The lowest BCUT2D eigenvalue weighted by atomic mass is 10.0. The Morgan fingerprint density at radius 2 is 1.60 bits per heavy atom. The maximum Gasteiger partial charge on any atom is 0.306 e. The lowest BCUT2D eigenvalue weighted by molar-refractivity contribution is -0.150. The molecule has 9 heteroatoms. The summed E-state index contributed by atoms with van der Waals surface area (Å²) in [5.74, 6) is -1.65. The van der Waals surface area contributed by atoms with Crippen LogP contribution in [0, 0.1) is 11.6 Å². The first kappa shape index (κ1) is 30.7. The van der Waals surface area contributed by atoms with Gasteiger partial charge in [-0.2, -0.15) is 0 Å². The molecule has 0 spiro atoms. The van der Waals surface area contributed by atoms with E-state index in [1.54, 1.807) is 24.3 Å². The normalized spacial score (nSPS) is 12.4. The molecule has 7 nitrogen and oxygen atoms in total. The van der Waals surface area contributed by atoms with E-state index in [-0.39, 0.29) is 31.7 Å². The molecule has 0 aromatic heterocycles. The molecule has 0 aliphatic carbocycles. The molecule has 214 valence electrons. The summed E-state index contributed by atoms with van der Waals surface area (Å²) in [6.07, 6.45) is -0.0189. The molecule has 2 atom stereocenters. The highest BCUT2D eigenvalue weighted by atomic mass is 19.1. The van der Waals surface area contributed by atoms with Gasteiger partial charge in [-0.05, 0) is 72.9 Å². The van der Waals surface area contributed by atoms with Gasteiger partial charge in [-0.1, -0.05) is 31.2 Å². The zero-order valence-electron chi connectivity index (χ0n) is 22.9. The molecule has 3 aromatic carbocycles. The van der Waals surface area contributed by atoms with Gasteiger partial charge in [0.2, 0.25) is 5.91 Å². The van der Waals surface area contributed by atoms with Crippen molar-refractivity contribution in [2.75, 3.05) is 18.5 Å². The molecule has 0 heterocycles. The molecule has 0 saturated carbocycles. The Morgan fingerprint density at radius 1 is 0.900 bits per heavy atom. The Bertz CT molecular complexity index is 1230. The smallest absolute Gasteiger partial charge is 0.306 e. The van der Waals surface area contributed by atoms with Crippen molar-refractivity contribution >= 4 is 17.6 Å². The monoisotopic (exact) mass is 553 g/mol. The van der Waals surface area contributed by atoms with E-state index in [2.05, 4.69) is 23.6 Å². The minimum absolute atomic E-state index is 0.0830. The number of anilines is 1. The molecule has 3 aromatic rings. The quantitative estimate of drug-likeness (QED) is 0.231. The molecule has 0 unspecified atom stereocenters. The van der Waals surface area contributed by atoms with Crippen LogP contribution < -0.4 is 21.1 Å². The lowest BCUT2D eigenvalue weighted by Crippen LogP contribution is -2.46. The first-order valence-electron chi connectivity index (χ1n) is 13.5. The number of aryl methyl sites for hydroxylation is 1. The average molecular weight is 554 g/mol. The molecule has 1 amide bonds. The molecular formula is C31H37F2N3O4. The number of nitrogens with two attached hydrogens (primary N) is 1.